The van der Waals surface area contributed by atoms with Crippen molar-refractivity contribution in [1.29, 1.82) is 0 Å². The van der Waals surface area contributed by atoms with Gasteiger partial charge in [-0.15, -0.1) is 0 Å². The average molecular weight is 360 g/mol. The molecule has 0 radical (unpaired) electrons. The van der Waals surface area contributed by atoms with Crippen LogP contribution < -0.4 is 13.8 Å². The van der Waals surface area contributed by atoms with Crippen molar-refractivity contribution in [1.82, 2.24) is 4.57 Å². The topological polar surface area (TPSA) is 60.8 Å². The quantitative estimate of drug-likeness (QED) is 0.702. The lowest BCUT2D eigenvalue weighted by Gasteiger charge is -2.21. The molecule has 3 rings (SSSR count). The van der Waals surface area contributed by atoms with Crippen molar-refractivity contribution in [3.63, 3.8) is 0 Å². The Labute approximate surface area is 147 Å². The number of benzene rings is 2. The maximum Gasteiger partial charge on any atom is 0.264 e. The van der Waals surface area contributed by atoms with Gasteiger partial charge in [-0.1, -0.05) is 0 Å². The summed E-state index contributed by atoms with van der Waals surface area (Å²) in [7, 11) is 2.77. The minimum Gasteiger partial charge on any atom is -0.497 e. The monoisotopic (exact) mass is 360 g/mol. The summed E-state index contributed by atoms with van der Waals surface area (Å²) in [5.41, 5.74) is 1.44. The zero-order chi connectivity index (χ0) is 18.2. The molecule has 0 N–H and O–H groups in total. The SMILES string of the molecule is COc1cc(OC)cc(N(C)S(=O)(=O)c2ccc3c(ccn3C)c2)c1. The summed E-state index contributed by atoms with van der Waals surface area (Å²) in [6.07, 6.45) is 1.90. The third-order valence-corrected chi connectivity index (χ3v) is 6.00. The van der Waals surface area contributed by atoms with E-state index in [0.717, 1.165) is 10.9 Å². The molecule has 0 amide bonds. The molecule has 0 atom stereocenters. The summed E-state index contributed by atoms with van der Waals surface area (Å²) in [5, 5.41) is 0.875. The molecule has 0 spiro atoms. The van der Waals surface area contributed by atoms with Gasteiger partial charge in [0.2, 0.25) is 0 Å². The molecule has 1 heterocycles. The van der Waals surface area contributed by atoms with Crippen LogP contribution in [0.4, 0.5) is 5.69 Å². The third-order valence-electron chi connectivity index (χ3n) is 4.21. The third kappa shape index (κ3) is 3.02. The Balaban J connectivity index is 2.06. The molecule has 0 saturated heterocycles. The van der Waals surface area contributed by atoms with Crippen molar-refractivity contribution in [2.45, 2.75) is 4.90 Å². The summed E-state index contributed by atoms with van der Waals surface area (Å²) in [6, 6.07) is 12.0. The first kappa shape index (κ1) is 17.2. The van der Waals surface area contributed by atoms with Crippen LogP contribution in [0.15, 0.2) is 53.6 Å². The maximum atomic E-state index is 13.0. The Hall–Kier alpha value is -2.67. The molecule has 0 unspecified atom stereocenters. The van der Waals surface area contributed by atoms with E-state index < -0.39 is 10.0 Å². The van der Waals surface area contributed by atoms with E-state index in [9.17, 15) is 8.42 Å². The molecule has 25 heavy (non-hydrogen) atoms. The van der Waals surface area contributed by atoms with Crippen LogP contribution in [0.3, 0.4) is 0 Å². The summed E-state index contributed by atoms with van der Waals surface area (Å²) in [5.74, 6) is 1.05. The predicted molar refractivity (Wildman–Crippen MR) is 98.1 cm³/mol. The second kappa shape index (κ2) is 6.33. The van der Waals surface area contributed by atoms with E-state index in [1.165, 1.54) is 25.6 Å². The maximum absolute atomic E-state index is 13.0. The van der Waals surface area contributed by atoms with Crippen molar-refractivity contribution in [3.05, 3.63) is 48.7 Å². The lowest BCUT2D eigenvalue weighted by Crippen LogP contribution is -2.26. The molecule has 6 nitrogen and oxygen atoms in total. The highest BCUT2D eigenvalue weighted by Crippen LogP contribution is 2.31. The van der Waals surface area contributed by atoms with Crippen molar-refractivity contribution in [2.24, 2.45) is 7.05 Å². The van der Waals surface area contributed by atoms with Gasteiger partial charge >= 0.3 is 0 Å². The second-order valence-corrected chi connectivity index (χ2v) is 7.66. The van der Waals surface area contributed by atoms with Crippen LogP contribution in [-0.2, 0) is 17.1 Å². The first-order chi connectivity index (χ1) is 11.9. The zero-order valence-electron chi connectivity index (χ0n) is 14.6. The van der Waals surface area contributed by atoms with Gasteiger partial charge in [0.1, 0.15) is 11.5 Å². The first-order valence-corrected chi connectivity index (χ1v) is 9.08. The van der Waals surface area contributed by atoms with Crippen LogP contribution in [0.25, 0.3) is 10.9 Å². The summed E-state index contributed by atoms with van der Waals surface area (Å²) in [6.45, 7) is 0. The van der Waals surface area contributed by atoms with Crippen molar-refractivity contribution < 1.29 is 17.9 Å². The van der Waals surface area contributed by atoms with Crippen molar-refractivity contribution >= 4 is 26.6 Å². The van der Waals surface area contributed by atoms with E-state index in [1.54, 1.807) is 30.3 Å². The number of aryl methyl sites for hydroxylation is 1. The lowest BCUT2D eigenvalue weighted by molar-refractivity contribution is 0.394. The smallest absolute Gasteiger partial charge is 0.264 e. The summed E-state index contributed by atoms with van der Waals surface area (Å²) < 4.78 is 39.7. The zero-order valence-corrected chi connectivity index (χ0v) is 15.4. The molecule has 2 aromatic carbocycles. The molecule has 132 valence electrons. The first-order valence-electron chi connectivity index (χ1n) is 7.64. The molecule has 7 heteroatoms. The minimum absolute atomic E-state index is 0.232. The highest BCUT2D eigenvalue weighted by Gasteiger charge is 2.23. The number of anilines is 1. The van der Waals surface area contributed by atoms with E-state index in [0.29, 0.717) is 17.2 Å². The number of nitrogens with zero attached hydrogens (tertiary/aromatic N) is 2. The molecule has 1 aromatic heterocycles. The molecule has 0 aliphatic carbocycles. The standard InChI is InChI=1S/C18H20N2O4S/c1-19-8-7-13-9-17(5-6-18(13)19)25(21,22)20(2)14-10-15(23-3)12-16(11-14)24-4/h5-12H,1-4H3. The Kier molecular flexibility index (Phi) is 4.34. The molecule has 0 bridgehead atoms. The van der Waals surface area contributed by atoms with Crippen LogP contribution in [0.2, 0.25) is 0 Å². The number of fused-ring (bicyclic) bond motifs is 1. The van der Waals surface area contributed by atoms with Gasteiger partial charge in [0.15, 0.2) is 0 Å². The van der Waals surface area contributed by atoms with Gasteiger partial charge < -0.3 is 14.0 Å². The van der Waals surface area contributed by atoms with E-state index in [-0.39, 0.29) is 4.90 Å². The van der Waals surface area contributed by atoms with Gasteiger partial charge in [0, 0.05) is 49.4 Å². The molecule has 0 saturated carbocycles. The number of sulfonamides is 1. The van der Waals surface area contributed by atoms with Gasteiger partial charge in [-0.3, -0.25) is 4.31 Å². The number of ether oxygens (including phenoxy) is 2. The molecular formula is C18H20N2O4S. The Bertz CT molecular complexity index is 1000. The Morgan fingerprint density at radius 1 is 0.960 bits per heavy atom. The molecule has 3 aromatic rings. The number of hydrogen-bond acceptors (Lipinski definition) is 4. The van der Waals surface area contributed by atoms with Gasteiger partial charge in [0.05, 0.1) is 24.8 Å². The van der Waals surface area contributed by atoms with Crippen molar-refractivity contribution in [3.8, 4) is 11.5 Å². The van der Waals surface area contributed by atoms with Crippen LogP contribution in [0.1, 0.15) is 0 Å². The van der Waals surface area contributed by atoms with E-state index in [4.69, 9.17) is 9.47 Å². The van der Waals surface area contributed by atoms with Crippen molar-refractivity contribution in [2.75, 3.05) is 25.6 Å². The molecular weight excluding hydrogens is 340 g/mol. The minimum atomic E-state index is -3.71. The average Bonchev–Trinajstić information content (AvgIpc) is 3.01. The number of hydrogen-bond donors (Lipinski definition) is 0. The van der Waals surface area contributed by atoms with Crippen LogP contribution in [-0.4, -0.2) is 34.3 Å². The number of methoxy groups -OCH3 is 2. The largest absolute Gasteiger partial charge is 0.497 e. The number of rotatable bonds is 5. The number of aromatic nitrogens is 1. The van der Waals surface area contributed by atoms with Crippen LogP contribution >= 0.6 is 0 Å². The highest BCUT2D eigenvalue weighted by atomic mass is 32.2. The van der Waals surface area contributed by atoms with Crippen LogP contribution in [0.5, 0.6) is 11.5 Å². The molecule has 0 aliphatic heterocycles. The fraction of sp³-hybridized carbons (Fsp3) is 0.222. The Morgan fingerprint density at radius 3 is 2.20 bits per heavy atom. The summed E-state index contributed by atoms with van der Waals surface area (Å²) >= 11 is 0. The predicted octanol–water partition coefficient (Wildman–Crippen LogP) is 3.02. The fourth-order valence-electron chi connectivity index (χ4n) is 2.69. The van der Waals surface area contributed by atoms with E-state index in [2.05, 4.69) is 0 Å². The highest BCUT2D eigenvalue weighted by molar-refractivity contribution is 7.92. The van der Waals surface area contributed by atoms with E-state index in [1.807, 2.05) is 29.9 Å². The van der Waals surface area contributed by atoms with Gasteiger partial charge in [-0.05, 0) is 24.3 Å². The van der Waals surface area contributed by atoms with E-state index >= 15 is 0 Å². The second-order valence-electron chi connectivity index (χ2n) is 5.69. The normalized spacial score (nSPS) is 11.5. The van der Waals surface area contributed by atoms with Gasteiger partial charge in [-0.25, -0.2) is 8.42 Å². The van der Waals surface area contributed by atoms with Gasteiger partial charge in [-0.2, -0.15) is 0 Å². The molecule has 0 aliphatic rings. The fourth-order valence-corrected chi connectivity index (χ4v) is 3.91. The van der Waals surface area contributed by atoms with Crippen LogP contribution in [0, 0.1) is 0 Å². The lowest BCUT2D eigenvalue weighted by atomic mass is 10.2. The Morgan fingerprint density at radius 2 is 1.60 bits per heavy atom. The molecule has 0 fully saturated rings. The summed E-state index contributed by atoms with van der Waals surface area (Å²) in [4.78, 5) is 0.232. The van der Waals surface area contributed by atoms with Gasteiger partial charge in [0.25, 0.3) is 10.0 Å².